The summed E-state index contributed by atoms with van der Waals surface area (Å²) in [7, 11) is 0. The van der Waals surface area contributed by atoms with E-state index in [1.165, 1.54) is 0 Å². The summed E-state index contributed by atoms with van der Waals surface area (Å²) in [6.45, 7) is 11.0. The van der Waals surface area contributed by atoms with Crippen molar-refractivity contribution in [3.63, 3.8) is 0 Å². The lowest BCUT2D eigenvalue weighted by Gasteiger charge is -2.29. The molecule has 0 saturated carbocycles. The second-order valence-electron chi connectivity index (χ2n) is 11.2. The Morgan fingerprint density at radius 3 is 2.39 bits per heavy atom. The van der Waals surface area contributed by atoms with Gasteiger partial charge in [-0.1, -0.05) is 16.8 Å². The summed E-state index contributed by atoms with van der Waals surface area (Å²) in [5.41, 5.74) is 1.89. The Morgan fingerprint density at radius 2 is 1.74 bits per heavy atom. The number of rotatable bonds is 5. The molecule has 4 rings (SSSR count). The van der Waals surface area contributed by atoms with Crippen LogP contribution in [0.5, 0.6) is 0 Å². The Bertz CT molecular complexity index is 1360. The third kappa shape index (κ3) is 6.74. The lowest BCUT2D eigenvalue weighted by Crippen LogP contribution is -2.41. The highest BCUT2D eigenvalue weighted by molar-refractivity contribution is 9.10. The number of halogens is 2. The van der Waals surface area contributed by atoms with Crippen LogP contribution in [0.2, 0.25) is 5.02 Å². The molecule has 0 fully saturated rings. The van der Waals surface area contributed by atoms with E-state index in [2.05, 4.69) is 26.1 Å². The number of ether oxygens (including phenoxy) is 2. The molecule has 0 aliphatic carbocycles. The maximum atomic E-state index is 13.2. The Balaban J connectivity index is 1.59. The number of hydrogen-bond acceptors (Lipinski definition) is 7. The number of nitrogens with zero attached hydrogens (tertiary/aromatic N) is 3. The monoisotopic (exact) mass is 603 g/mol. The van der Waals surface area contributed by atoms with Crippen molar-refractivity contribution >= 4 is 45.3 Å². The molecular formula is C28H31BrClN3O5. The van der Waals surface area contributed by atoms with Gasteiger partial charge in [0.15, 0.2) is 0 Å². The molecule has 10 heteroatoms. The van der Waals surface area contributed by atoms with Crippen molar-refractivity contribution in [1.82, 2.24) is 10.1 Å². The summed E-state index contributed by atoms with van der Waals surface area (Å²) in [5.74, 6) is 0.467. The average Bonchev–Trinajstić information content (AvgIpc) is 3.41. The molecule has 0 spiro atoms. The molecule has 0 radical (unpaired) electrons. The molecule has 1 aliphatic rings. The van der Waals surface area contributed by atoms with E-state index in [1.807, 2.05) is 71.9 Å². The van der Waals surface area contributed by atoms with E-state index in [9.17, 15) is 9.59 Å². The van der Waals surface area contributed by atoms with E-state index < -0.39 is 17.3 Å². The van der Waals surface area contributed by atoms with Crippen molar-refractivity contribution in [3.8, 4) is 22.8 Å². The van der Waals surface area contributed by atoms with Crippen molar-refractivity contribution in [2.45, 2.75) is 78.0 Å². The molecule has 202 valence electrons. The number of hydrogen-bond donors (Lipinski definition) is 0. The normalized spacial score (nSPS) is 15.4. The summed E-state index contributed by atoms with van der Waals surface area (Å²) in [6, 6.07) is 10.8. The highest BCUT2D eigenvalue weighted by Crippen LogP contribution is 2.38. The minimum atomic E-state index is -0.660. The summed E-state index contributed by atoms with van der Waals surface area (Å²) in [5, 5.41) is 4.69. The third-order valence-corrected chi connectivity index (χ3v) is 6.93. The van der Waals surface area contributed by atoms with Crippen LogP contribution in [0.4, 0.5) is 10.5 Å². The largest absolute Gasteiger partial charge is 0.460 e. The molecule has 1 amide bonds. The van der Waals surface area contributed by atoms with Gasteiger partial charge in [0.25, 0.3) is 5.89 Å². The van der Waals surface area contributed by atoms with Gasteiger partial charge in [-0.15, -0.1) is 0 Å². The van der Waals surface area contributed by atoms with E-state index >= 15 is 0 Å². The highest BCUT2D eigenvalue weighted by atomic mass is 79.9. The summed E-state index contributed by atoms with van der Waals surface area (Å²) >= 11 is 9.59. The number of aromatic nitrogens is 2. The summed E-state index contributed by atoms with van der Waals surface area (Å²) in [6.07, 6.45) is 0.728. The Kier molecular flexibility index (Phi) is 7.91. The number of carbonyl (C=O) groups is 2. The molecule has 1 aromatic heterocycles. The molecule has 0 bridgehead atoms. The van der Waals surface area contributed by atoms with Gasteiger partial charge in [-0.3, -0.25) is 9.69 Å². The first-order valence-corrected chi connectivity index (χ1v) is 13.5. The van der Waals surface area contributed by atoms with Gasteiger partial charge in [0.2, 0.25) is 5.82 Å². The van der Waals surface area contributed by atoms with Crippen LogP contribution in [0, 0.1) is 0 Å². The van der Waals surface area contributed by atoms with Gasteiger partial charge in [0, 0.05) is 28.1 Å². The van der Waals surface area contributed by atoms with Crippen molar-refractivity contribution in [3.05, 3.63) is 51.5 Å². The van der Waals surface area contributed by atoms with Crippen LogP contribution < -0.4 is 4.90 Å². The van der Waals surface area contributed by atoms with E-state index in [-0.39, 0.29) is 18.4 Å². The molecule has 3 aromatic rings. The molecule has 38 heavy (non-hydrogen) atoms. The number of esters is 1. The van der Waals surface area contributed by atoms with Crippen LogP contribution in [0.25, 0.3) is 22.8 Å². The summed E-state index contributed by atoms with van der Waals surface area (Å²) in [4.78, 5) is 31.8. The van der Waals surface area contributed by atoms with Crippen molar-refractivity contribution in [1.29, 1.82) is 0 Å². The SMILES string of the molecule is CC(C)(C)OC(=O)CC[C@@H]1Cc2cc(-c3noc(-c4ccc(Br)c(Cl)c4)n3)ccc2N1C(=O)OC(C)(C)C. The van der Waals surface area contributed by atoms with E-state index in [0.717, 1.165) is 21.3 Å². The van der Waals surface area contributed by atoms with Gasteiger partial charge >= 0.3 is 12.1 Å². The first-order chi connectivity index (χ1) is 17.7. The smallest absolute Gasteiger partial charge is 0.415 e. The minimum absolute atomic E-state index is 0.187. The van der Waals surface area contributed by atoms with E-state index in [0.29, 0.717) is 35.1 Å². The predicted octanol–water partition coefficient (Wildman–Crippen LogP) is 7.61. The van der Waals surface area contributed by atoms with Crippen molar-refractivity contribution < 1.29 is 23.6 Å². The second kappa shape index (κ2) is 10.7. The Labute approximate surface area is 235 Å². The van der Waals surface area contributed by atoms with Crippen molar-refractivity contribution in [2.75, 3.05) is 4.90 Å². The number of amides is 1. The Hall–Kier alpha value is -2.91. The molecular weight excluding hydrogens is 574 g/mol. The lowest BCUT2D eigenvalue weighted by atomic mass is 10.0. The molecule has 2 heterocycles. The van der Waals surface area contributed by atoms with Gasteiger partial charge in [-0.25, -0.2) is 4.79 Å². The quantitative estimate of drug-likeness (QED) is 0.277. The second-order valence-corrected chi connectivity index (χ2v) is 12.5. The van der Waals surface area contributed by atoms with Gasteiger partial charge < -0.3 is 14.0 Å². The van der Waals surface area contributed by atoms with Gasteiger partial charge in [0.1, 0.15) is 11.2 Å². The van der Waals surface area contributed by atoms with Crippen LogP contribution in [-0.4, -0.2) is 39.4 Å². The zero-order valence-electron chi connectivity index (χ0n) is 22.3. The van der Waals surface area contributed by atoms with E-state index in [4.69, 9.17) is 25.6 Å². The van der Waals surface area contributed by atoms with E-state index in [1.54, 1.807) is 11.0 Å². The third-order valence-electron chi connectivity index (χ3n) is 5.70. The highest BCUT2D eigenvalue weighted by Gasteiger charge is 2.37. The van der Waals surface area contributed by atoms with Gasteiger partial charge in [-0.2, -0.15) is 4.98 Å². The molecule has 0 N–H and O–H groups in total. The van der Waals surface area contributed by atoms with Gasteiger partial charge in [-0.05, 0) is 112 Å². The van der Waals surface area contributed by atoms with Crippen LogP contribution in [0.15, 0.2) is 45.4 Å². The van der Waals surface area contributed by atoms with Crippen LogP contribution in [0.1, 0.15) is 59.9 Å². The van der Waals surface area contributed by atoms with Gasteiger partial charge in [0.05, 0.1) is 10.7 Å². The zero-order valence-corrected chi connectivity index (χ0v) is 24.6. The van der Waals surface area contributed by atoms with Crippen LogP contribution >= 0.6 is 27.5 Å². The maximum Gasteiger partial charge on any atom is 0.415 e. The minimum Gasteiger partial charge on any atom is -0.460 e. The maximum absolute atomic E-state index is 13.2. The standard InChI is InChI=1S/C28H31BrClN3O5/c1-27(2,3)36-23(34)12-9-19-14-18-13-16(8-11-22(18)33(19)26(35)37-28(4,5)6)24-31-25(38-32-24)17-7-10-20(29)21(30)15-17/h7-8,10-11,13,15,19H,9,12,14H2,1-6H3/t19-/m1/s1. The lowest BCUT2D eigenvalue weighted by molar-refractivity contribution is -0.155. The van der Waals surface area contributed by atoms with Crippen LogP contribution in [0.3, 0.4) is 0 Å². The molecule has 0 saturated heterocycles. The molecule has 1 atom stereocenters. The first kappa shape index (κ1) is 28.1. The number of anilines is 1. The number of carbonyl (C=O) groups excluding carboxylic acids is 2. The molecule has 8 nitrogen and oxygen atoms in total. The fourth-order valence-corrected chi connectivity index (χ4v) is 4.65. The molecule has 1 aliphatic heterocycles. The average molecular weight is 605 g/mol. The first-order valence-electron chi connectivity index (χ1n) is 12.4. The molecule has 2 aromatic carbocycles. The van der Waals surface area contributed by atoms with Crippen molar-refractivity contribution in [2.24, 2.45) is 0 Å². The topological polar surface area (TPSA) is 94.8 Å². The fourth-order valence-electron chi connectivity index (χ4n) is 4.22. The predicted molar refractivity (Wildman–Crippen MR) is 149 cm³/mol. The molecule has 0 unspecified atom stereocenters. The fraction of sp³-hybridized carbons (Fsp3) is 0.429. The summed E-state index contributed by atoms with van der Waals surface area (Å²) < 4.78 is 17.4. The number of fused-ring (bicyclic) bond motifs is 1. The zero-order chi connectivity index (χ0) is 27.8. The Morgan fingerprint density at radius 1 is 1.05 bits per heavy atom. The number of benzene rings is 2. The van der Waals surface area contributed by atoms with Crippen LogP contribution in [-0.2, 0) is 20.7 Å².